The van der Waals surface area contributed by atoms with Gasteiger partial charge in [0.1, 0.15) is 11.3 Å². The molecular weight excluding hydrogens is 362 g/mol. The maximum atomic E-state index is 12.0. The fraction of sp³-hybridized carbons (Fsp3) is 0.208. The lowest BCUT2D eigenvalue weighted by molar-refractivity contribution is 0.0697. The molecular formula is C24H21N3O2. The van der Waals surface area contributed by atoms with Gasteiger partial charge in [0.15, 0.2) is 5.65 Å². The molecule has 0 unspecified atom stereocenters. The monoisotopic (exact) mass is 383 g/mol. The zero-order valence-corrected chi connectivity index (χ0v) is 16.2. The molecule has 1 N–H and O–H groups in total. The Labute approximate surface area is 168 Å². The van der Waals surface area contributed by atoms with Crippen LogP contribution in [0.4, 0.5) is 0 Å². The van der Waals surface area contributed by atoms with Crippen LogP contribution < -0.4 is 0 Å². The summed E-state index contributed by atoms with van der Waals surface area (Å²) in [5, 5.41) is 9.81. The van der Waals surface area contributed by atoms with Crippen LogP contribution >= 0.6 is 0 Å². The smallest absolute Gasteiger partial charge is 0.336 e. The molecule has 2 aromatic carbocycles. The maximum Gasteiger partial charge on any atom is 0.336 e. The number of hydrogen-bond acceptors (Lipinski definition) is 3. The highest BCUT2D eigenvalue weighted by molar-refractivity contribution is 5.96. The summed E-state index contributed by atoms with van der Waals surface area (Å²) in [4.78, 5) is 21.4. The van der Waals surface area contributed by atoms with E-state index in [-0.39, 0.29) is 0 Å². The third kappa shape index (κ3) is 3.18. The largest absolute Gasteiger partial charge is 0.478 e. The van der Waals surface area contributed by atoms with Gasteiger partial charge in [0.25, 0.3) is 0 Å². The topological polar surface area (TPSA) is 68.0 Å². The lowest BCUT2D eigenvalue weighted by atomic mass is 9.97. The van der Waals surface area contributed by atoms with Crippen LogP contribution in [0.15, 0.2) is 60.8 Å². The van der Waals surface area contributed by atoms with Gasteiger partial charge in [-0.1, -0.05) is 42.5 Å². The van der Waals surface area contributed by atoms with Crippen molar-refractivity contribution in [3.63, 3.8) is 0 Å². The van der Waals surface area contributed by atoms with E-state index in [1.54, 1.807) is 6.07 Å². The Bertz CT molecular complexity index is 1220. The predicted molar refractivity (Wildman–Crippen MR) is 112 cm³/mol. The first kappa shape index (κ1) is 17.6. The third-order valence-corrected chi connectivity index (χ3v) is 5.55. The van der Waals surface area contributed by atoms with Crippen molar-refractivity contribution in [3.8, 4) is 11.1 Å². The van der Waals surface area contributed by atoms with Gasteiger partial charge >= 0.3 is 5.97 Å². The summed E-state index contributed by atoms with van der Waals surface area (Å²) in [5.74, 6) is 0.620. The van der Waals surface area contributed by atoms with Crippen LogP contribution in [-0.2, 0) is 6.54 Å². The van der Waals surface area contributed by atoms with Gasteiger partial charge in [-0.25, -0.2) is 14.8 Å². The number of aromatic nitrogens is 3. The molecule has 0 radical (unpaired) electrons. The Kier molecular flexibility index (Phi) is 4.16. The number of aryl methyl sites for hydroxylation is 1. The number of rotatable bonds is 5. The zero-order valence-electron chi connectivity index (χ0n) is 16.2. The number of benzene rings is 2. The Balaban J connectivity index is 1.60. The molecule has 0 spiro atoms. The van der Waals surface area contributed by atoms with Crippen molar-refractivity contribution in [1.29, 1.82) is 0 Å². The summed E-state index contributed by atoms with van der Waals surface area (Å²) in [5.41, 5.74) is 5.81. The fourth-order valence-corrected chi connectivity index (χ4v) is 3.88. The highest BCUT2D eigenvalue weighted by atomic mass is 16.4. The quantitative estimate of drug-likeness (QED) is 0.525. The standard InChI is InChI=1S/C24H21N3O2/c1-15-11-12-25-23-21(15)26-22(18-8-9-18)27(23)14-16-7-10-19(20(13-16)24(28)29)17-5-3-2-4-6-17/h2-7,10-13,18H,8-9,14H2,1H3,(H,28,29). The minimum Gasteiger partial charge on any atom is -0.478 e. The zero-order chi connectivity index (χ0) is 20.0. The molecule has 29 heavy (non-hydrogen) atoms. The molecule has 0 bridgehead atoms. The molecule has 1 aliphatic rings. The number of carboxylic acids is 1. The Morgan fingerprint density at radius 1 is 1.14 bits per heavy atom. The Morgan fingerprint density at radius 2 is 1.93 bits per heavy atom. The molecule has 5 heteroatoms. The van der Waals surface area contributed by atoms with Crippen LogP contribution in [0.3, 0.4) is 0 Å². The first-order valence-corrected chi connectivity index (χ1v) is 9.85. The van der Waals surface area contributed by atoms with Gasteiger partial charge in [-0.3, -0.25) is 0 Å². The van der Waals surface area contributed by atoms with Gasteiger partial charge in [0.2, 0.25) is 0 Å². The van der Waals surface area contributed by atoms with Crippen LogP contribution in [0.2, 0.25) is 0 Å². The minimum absolute atomic E-state index is 0.315. The van der Waals surface area contributed by atoms with Gasteiger partial charge < -0.3 is 9.67 Å². The highest BCUT2D eigenvalue weighted by Crippen LogP contribution is 2.41. The van der Waals surface area contributed by atoms with Crippen LogP contribution in [0.25, 0.3) is 22.3 Å². The lowest BCUT2D eigenvalue weighted by Crippen LogP contribution is -2.07. The summed E-state index contributed by atoms with van der Waals surface area (Å²) < 4.78 is 2.16. The summed E-state index contributed by atoms with van der Waals surface area (Å²) in [7, 11) is 0. The minimum atomic E-state index is -0.919. The molecule has 5 rings (SSSR count). The van der Waals surface area contributed by atoms with Crippen molar-refractivity contribution < 1.29 is 9.90 Å². The van der Waals surface area contributed by atoms with E-state index in [2.05, 4.69) is 16.5 Å². The SMILES string of the molecule is Cc1ccnc2c1nc(C1CC1)n2Cc1ccc(-c2ccccc2)c(C(=O)O)c1. The molecule has 0 atom stereocenters. The second-order valence-electron chi connectivity index (χ2n) is 7.68. The van der Waals surface area contributed by atoms with Gasteiger partial charge in [-0.15, -0.1) is 0 Å². The van der Waals surface area contributed by atoms with Crippen molar-refractivity contribution >= 4 is 17.1 Å². The van der Waals surface area contributed by atoms with Crippen molar-refractivity contribution in [3.05, 3.63) is 83.3 Å². The molecule has 4 aromatic rings. The number of carboxylic acid groups (broad SMARTS) is 1. The Morgan fingerprint density at radius 3 is 2.66 bits per heavy atom. The van der Waals surface area contributed by atoms with Gasteiger partial charge in [0.05, 0.1) is 12.1 Å². The third-order valence-electron chi connectivity index (χ3n) is 5.55. The average molecular weight is 383 g/mol. The highest BCUT2D eigenvalue weighted by Gasteiger charge is 2.30. The summed E-state index contributed by atoms with van der Waals surface area (Å²) in [6.45, 7) is 2.61. The Hall–Kier alpha value is -3.47. The molecule has 1 saturated carbocycles. The van der Waals surface area contributed by atoms with Gasteiger partial charge in [-0.05, 0) is 54.2 Å². The number of hydrogen-bond donors (Lipinski definition) is 1. The number of aromatic carboxylic acids is 1. The first-order valence-electron chi connectivity index (χ1n) is 9.85. The number of nitrogens with zero attached hydrogens (tertiary/aromatic N) is 3. The lowest BCUT2D eigenvalue weighted by Gasteiger charge is -2.12. The molecule has 1 aliphatic carbocycles. The van der Waals surface area contributed by atoms with Gasteiger partial charge in [0, 0.05) is 12.1 Å². The van der Waals surface area contributed by atoms with E-state index in [1.807, 2.05) is 54.7 Å². The average Bonchev–Trinajstić information content (AvgIpc) is 3.51. The van der Waals surface area contributed by atoms with Crippen molar-refractivity contribution in [2.75, 3.05) is 0 Å². The fourth-order valence-electron chi connectivity index (χ4n) is 3.88. The molecule has 0 saturated heterocycles. The molecule has 1 fully saturated rings. The van der Waals surface area contributed by atoms with E-state index in [0.717, 1.165) is 52.1 Å². The predicted octanol–water partition coefficient (Wildman–Crippen LogP) is 5.03. The van der Waals surface area contributed by atoms with Crippen LogP contribution in [-0.4, -0.2) is 25.6 Å². The first-order chi connectivity index (χ1) is 14.1. The number of imidazole rings is 1. The van der Waals surface area contributed by atoms with E-state index < -0.39 is 5.97 Å². The maximum absolute atomic E-state index is 12.0. The summed E-state index contributed by atoms with van der Waals surface area (Å²) >= 11 is 0. The molecule has 2 aromatic heterocycles. The summed E-state index contributed by atoms with van der Waals surface area (Å²) in [6.07, 6.45) is 4.11. The van der Waals surface area contributed by atoms with E-state index in [0.29, 0.717) is 18.0 Å². The number of pyridine rings is 1. The van der Waals surface area contributed by atoms with E-state index in [9.17, 15) is 9.90 Å². The van der Waals surface area contributed by atoms with Crippen molar-refractivity contribution in [2.24, 2.45) is 0 Å². The number of fused-ring (bicyclic) bond motifs is 1. The van der Waals surface area contributed by atoms with Crippen LogP contribution in [0.1, 0.15) is 46.1 Å². The molecule has 2 heterocycles. The second-order valence-corrected chi connectivity index (χ2v) is 7.68. The van der Waals surface area contributed by atoms with E-state index in [4.69, 9.17) is 4.98 Å². The molecule has 144 valence electrons. The normalized spacial score (nSPS) is 13.7. The van der Waals surface area contributed by atoms with E-state index in [1.165, 1.54) is 0 Å². The van der Waals surface area contributed by atoms with Crippen LogP contribution in [0, 0.1) is 6.92 Å². The summed E-state index contributed by atoms with van der Waals surface area (Å²) in [6, 6.07) is 17.3. The van der Waals surface area contributed by atoms with Crippen LogP contribution in [0.5, 0.6) is 0 Å². The molecule has 0 aliphatic heterocycles. The molecule has 0 amide bonds. The van der Waals surface area contributed by atoms with Crippen molar-refractivity contribution in [2.45, 2.75) is 32.2 Å². The van der Waals surface area contributed by atoms with Crippen molar-refractivity contribution in [1.82, 2.24) is 14.5 Å². The molecule has 5 nitrogen and oxygen atoms in total. The van der Waals surface area contributed by atoms with Gasteiger partial charge in [-0.2, -0.15) is 0 Å². The van der Waals surface area contributed by atoms with E-state index >= 15 is 0 Å². The second kappa shape index (κ2) is 6.85. The number of carbonyl (C=O) groups is 1.